The zero-order valence-corrected chi connectivity index (χ0v) is 9.99. The molecule has 1 saturated heterocycles. The first-order chi connectivity index (χ1) is 7.66. The molecule has 0 saturated carbocycles. The molecule has 0 amide bonds. The summed E-state index contributed by atoms with van der Waals surface area (Å²) in [4.78, 5) is 12.1. The van der Waals surface area contributed by atoms with E-state index in [1.54, 1.807) is 0 Å². The first-order valence-electron chi connectivity index (χ1n) is 5.98. The average Bonchev–Trinajstić information content (AvgIpc) is 2.64. The molecule has 1 aromatic carbocycles. The molecule has 0 bridgehead atoms. The summed E-state index contributed by atoms with van der Waals surface area (Å²) in [6.07, 6.45) is 1.57. The lowest BCUT2D eigenvalue weighted by molar-refractivity contribution is -0.122. The monoisotopic (exact) mass is 217 g/mol. The molecule has 1 fully saturated rings. The van der Waals surface area contributed by atoms with Gasteiger partial charge < -0.3 is 5.32 Å². The first kappa shape index (κ1) is 11.3. The normalized spacial score (nSPS) is 24.6. The molecule has 0 aromatic heterocycles. The van der Waals surface area contributed by atoms with Crippen molar-refractivity contribution in [1.82, 2.24) is 5.32 Å². The Morgan fingerprint density at radius 1 is 1.50 bits per heavy atom. The molecule has 16 heavy (non-hydrogen) atoms. The third-order valence-electron chi connectivity index (χ3n) is 3.40. The second-order valence-corrected chi connectivity index (χ2v) is 4.77. The molecule has 1 aliphatic heterocycles. The first-order valence-corrected chi connectivity index (χ1v) is 5.98. The van der Waals surface area contributed by atoms with Gasteiger partial charge in [-0.1, -0.05) is 29.8 Å². The Bertz CT molecular complexity index is 386. The van der Waals surface area contributed by atoms with Gasteiger partial charge in [-0.2, -0.15) is 0 Å². The Labute approximate surface area is 97.1 Å². The summed E-state index contributed by atoms with van der Waals surface area (Å²) in [6.45, 7) is 5.14. The summed E-state index contributed by atoms with van der Waals surface area (Å²) in [5.41, 5.74) is 2.37. The summed E-state index contributed by atoms with van der Waals surface area (Å²) < 4.78 is 0. The predicted octanol–water partition coefficient (Wildman–Crippen LogP) is 2.10. The Morgan fingerprint density at radius 2 is 2.31 bits per heavy atom. The zero-order chi connectivity index (χ0) is 11.5. The van der Waals surface area contributed by atoms with E-state index in [2.05, 4.69) is 31.3 Å². The van der Waals surface area contributed by atoms with Crippen LogP contribution in [-0.4, -0.2) is 18.4 Å². The highest BCUT2D eigenvalue weighted by Gasteiger charge is 2.28. The molecule has 1 aromatic rings. The maximum absolute atomic E-state index is 12.1. The zero-order valence-electron chi connectivity index (χ0n) is 9.99. The second-order valence-electron chi connectivity index (χ2n) is 4.77. The summed E-state index contributed by atoms with van der Waals surface area (Å²) in [7, 11) is 0. The molecular weight excluding hydrogens is 198 g/mol. The molecule has 1 heterocycles. The fourth-order valence-electron chi connectivity index (χ4n) is 2.45. The fourth-order valence-corrected chi connectivity index (χ4v) is 2.45. The van der Waals surface area contributed by atoms with Crippen molar-refractivity contribution in [2.75, 3.05) is 6.54 Å². The van der Waals surface area contributed by atoms with Crippen molar-refractivity contribution in [3.05, 3.63) is 35.4 Å². The van der Waals surface area contributed by atoms with Crippen molar-refractivity contribution >= 4 is 5.78 Å². The highest BCUT2D eigenvalue weighted by molar-refractivity contribution is 5.84. The van der Waals surface area contributed by atoms with Crippen molar-refractivity contribution in [3.8, 4) is 0 Å². The van der Waals surface area contributed by atoms with E-state index in [0.29, 0.717) is 18.2 Å². The molecule has 0 spiro atoms. The largest absolute Gasteiger partial charge is 0.314 e. The number of carbonyl (C=O) groups is 1. The van der Waals surface area contributed by atoms with E-state index in [1.165, 1.54) is 5.56 Å². The third kappa shape index (κ3) is 2.50. The quantitative estimate of drug-likeness (QED) is 0.840. The molecule has 2 nitrogen and oxygen atoms in total. The van der Waals surface area contributed by atoms with Gasteiger partial charge in [0.05, 0.1) is 0 Å². The van der Waals surface area contributed by atoms with Crippen LogP contribution in [0.1, 0.15) is 24.5 Å². The lowest BCUT2D eigenvalue weighted by Gasteiger charge is -2.13. The number of rotatable bonds is 3. The summed E-state index contributed by atoms with van der Waals surface area (Å²) in [6, 6.07) is 8.57. The van der Waals surface area contributed by atoms with Crippen LogP contribution < -0.4 is 5.32 Å². The molecule has 1 aliphatic rings. The maximum atomic E-state index is 12.1. The highest BCUT2D eigenvalue weighted by Crippen LogP contribution is 2.18. The van der Waals surface area contributed by atoms with Crippen LogP contribution in [0, 0.1) is 12.8 Å². The summed E-state index contributed by atoms with van der Waals surface area (Å²) in [5, 5.41) is 3.33. The SMILES string of the molecule is Cc1cccc(CC(=O)C2CCNC2C)c1. The number of nitrogens with one attached hydrogen (secondary N) is 1. The smallest absolute Gasteiger partial charge is 0.141 e. The van der Waals surface area contributed by atoms with Gasteiger partial charge in [0.2, 0.25) is 0 Å². The second kappa shape index (κ2) is 4.79. The topological polar surface area (TPSA) is 29.1 Å². The molecule has 0 radical (unpaired) electrons. The number of benzene rings is 1. The van der Waals surface area contributed by atoms with Crippen molar-refractivity contribution in [1.29, 1.82) is 0 Å². The standard InChI is InChI=1S/C14H19NO/c1-10-4-3-5-12(8-10)9-14(16)13-6-7-15-11(13)2/h3-5,8,11,13,15H,6-7,9H2,1-2H3. The van der Waals surface area contributed by atoms with E-state index in [1.807, 2.05) is 12.1 Å². The van der Waals surface area contributed by atoms with E-state index in [9.17, 15) is 4.79 Å². The Kier molecular flexibility index (Phi) is 3.39. The summed E-state index contributed by atoms with van der Waals surface area (Å²) in [5.74, 6) is 0.587. The minimum Gasteiger partial charge on any atom is -0.314 e. The van der Waals surface area contributed by atoms with E-state index in [0.717, 1.165) is 18.5 Å². The number of hydrogen-bond donors (Lipinski definition) is 1. The molecule has 1 N–H and O–H groups in total. The molecule has 0 aliphatic carbocycles. The predicted molar refractivity (Wildman–Crippen MR) is 65.5 cm³/mol. The van der Waals surface area contributed by atoms with Gasteiger partial charge >= 0.3 is 0 Å². The van der Waals surface area contributed by atoms with Gasteiger partial charge in [-0.3, -0.25) is 4.79 Å². The lowest BCUT2D eigenvalue weighted by Crippen LogP contribution is -2.29. The van der Waals surface area contributed by atoms with Crippen molar-refractivity contribution in [2.24, 2.45) is 5.92 Å². The molecule has 2 rings (SSSR count). The lowest BCUT2D eigenvalue weighted by atomic mass is 9.92. The minimum atomic E-state index is 0.209. The molecule has 2 heteroatoms. The van der Waals surface area contributed by atoms with Crippen molar-refractivity contribution in [2.45, 2.75) is 32.7 Å². The van der Waals surface area contributed by atoms with Gasteiger partial charge in [0.15, 0.2) is 0 Å². The molecule has 2 atom stereocenters. The van der Waals surface area contributed by atoms with Crippen molar-refractivity contribution < 1.29 is 4.79 Å². The minimum absolute atomic E-state index is 0.209. The van der Waals surface area contributed by atoms with Crippen LogP contribution in [0.4, 0.5) is 0 Å². The van der Waals surface area contributed by atoms with Gasteiger partial charge in [0, 0.05) is 18.4 Å². The number of ketones is 1. The van der Waals surface area contributed by atoms with E-state index >= 15 is 0 Å². The summed E-state index contributed by atoms with van der Waals surface area (Å²) >= 11 is 0. The van der Waals surface area contributed by atoms with Crippen LogP contribution in [0.5, 0.6) is 0 Å². The Hall–Kier alpha value is -1.15. The molecule has 86 valence electrons. The van der Waals surface area contributed by atoms with Crippen LogP contribution in [0.2, 0.25) is 0 Å². The van der Waals surface area contributed by atoms with E-state index in [-0.39, 0.29) is 5.92 Å². The average molecular weight is 217 g/mol. The number of Topliss-reactive ketones (excluding diaryl/α,β-unsaturated/α-hetero) is 1. The van der Waals surface area contributed by atoms with Gasteiger partial charge in [-0.25, -0.2) is 0 Å². The Balaban J connectivity index is 2.02. The fraction of sp³-hybridized carbons (Fsp3) is 0.500. The van der Waals surface area contributed by atoms with Crippen LogP contribution in [-0.2, 0) is 11.2 Å². The van der Waals surface area contributed by atoms with Crippen LogP contribution in [0.3, 0.4) is 0 Å². The third-order valence-corrected chi connectivity index (χ3v) is 3.40. The van der Waals surface area contributed by atoms with Crippen LogP contribution in [0.15, 0.2) is 24.3 Å². The van der Waals surface area contributed by atoms with E-state index < -0.39 is 0 Å². The molecular formula is C14H19NO. The van der Waals surface area contributed by atoms with Gasteiger partial charge in [-0.15, -0.1) is 0 Å². The highest BCUT2D eigenvalue weighted by atomic mass is 16.1. The number of carbonyl (C=O) groups excluding carboxylic acids is 1. The van der Waals surface area contributed by atoms with Crippen molar-refractivity contribution in [3.63, 3.8) is 0 Å². The Morgan fingerprint density at radius 3 is 2.94 bits per heavy atom. The van der Waals surface area contributed by atoms with Crippen LogP contribution in [0.25, 0.3) is 0 Å². The maximum Gasteiger partial charge on any atom is 0.141 e. The number of aryl methyl sites for hydroxylation is 1. The van der Waals surface area contributed by atoms with E-state index in [4.69, 9.17) is 0 Å². The van der Waals surface area contributed by atoms with Gasteiger partial charge in [0.25, 0.3) is 0 Å². The molecule has 2 unspecified atom stereocenters. The van der Waals surface area contributed by atoms with Crippen LogP contribution >= 0.6 is 0 Å². The van der Waals surface area contributed by atoms with Gasteiger partial charge in [-0.05, 0) is 32.4 Å². The van der Waals surface area contributed by atoms with Gasteiger partial charge in [0.1, 0.15) is 5.78 Å². The number of hydrogen-bond acceptors (Lipinski definition) is 2.